The quantitative estimate of drug-likeness (QED) is 0.449. The summed E-state index contributed by atoms with van der Waals surface area (Å²) >= 11 is 12.6. The average molecular weight is 413 g/mol. The van der Waals surface area contributed by atoms with Gasteiger partial charge >= 0.3 is 0 Å². The van der Waals surface area contributed by atoms with Crippen LogP contribution in [0.3, 0.4) is 0 Å². The van der Waals surface area contributed by atoms with Crippen LogP contribution in [-0.4, -0.2) is 16.9 Å². The Morgan fingerprint density at radius 2 is 1.75 bits per heavy atom. The molecule has 1 aliphatic heterocycles. The van der Waals surface area contributed by atoms with E-state index in [0.29, 0.717) is 10.0 Å². The topological polar surface area (TPSA) is 33.2 Å². The Hall–Kier alpha value is -2.10. The largest absolute Gasteiger partial charge is 0.305 e. The van der Waals surface area contributed by atoms with Gasteiger partial charge in [0.25, 0.3) is 5.91 Å². The van der Waals surface area contributed by atoms with Crippen molar-refractivity contribution in [3.05, 3.63) is 57.7 Å². The number of anilines is 1. The van der Waals surface area contributed by atoms with Gasteiger partial charge in [0, 0.05) is 38.3 Å². The molecule has 3 aromatic rings. The van der Waals surface area contributed by atoms with Gasteiger partial charge in [0.1, 0.15) is 0 Å². The molecular weight excluding hydrogens is 391 g/mol. The number of nitrogens with zero attached hydrogens (tertiary/aromatic N) is 2. The van der Waals surface area contributed by atoms with E-state index in [1.54, 1.807) is 6.07 Å². The number of carbonyl (C=O) groups excluding carboxylic acids is 1. The summed E-state index contributed by atoms with van der Waals surface area (Å²) in [5.41, 5.74) is 5.18. The number of pyridine rings is 1. The molecule has 0 spiro atoms. The van der Waals surface area contributed by atoms with Gasteiger partial charge < -0.3 is 4.90 Å². The zero-order valence-corrected chi connectivity index (χ0v) is 17.7. The smallest absolute Gasteiger partial charge is 0.259 e. The van der Waals surface area contributed by atoms with E-state index in [2.05, 4.69) is 13.8 Å². The number of halogens is 2. The third-order valence-corrected chi connectivity index (χ3v) is 6.00. The zero-order chi connectivity index (χ0) is 20.0. The number of hydrogen-bond donors (Lipinski definition) is 0. The lowest BCUT2D eigenvalue weighted by atomic mass is 9.98. The SMILES string of the molecule is CCCC(CC)N1C(=O)c2ccc(-c3ccc(Cl)cc3Cl)c3nc(C)cc1c23. The fraction of sp³-hybridized carbons (Fsp3) is 0.304. The maximum atomic E-state index is 13.3. The molecule has 0 aliphatic carbocycles. The van der Waals surface area contributed by atoms with Crippen molar-refractivity contribution in [2.45, 2.75) is 46.1 Å². The molecule has 0 saturated heterocycles. The van der Waals surface area contributed by atoms with Gasteiger partial charge in [-0.05, 0) is 44.0 Å². The minimum atomic E-state index is 0.0708. The highest BCUT2D eigenvalue weighted by atomic mass is 35.5. The first-order valence-corrected chi connectivity index (χ1v) is 10.4. The average Bonchev–Trinajstić information content (AvgIpc) is 2.93. The van der Waals surface area contributed by atoms with Crippen molar-refractivity contribution in [3.63, 3.8) is 0 Å². The second-order valence-electron chi connectivity index (χ2n) is 7.32. The first-order valence-electron chi connectivity index (χ1n) is 9.69. The maximum absolute atomic E-state index is 13.3. The van der Waals surface area contributed by atoms with Crippen LogP contribution in [0.5, 0.6) is 0 Å². The van der Waals surface area contributed by atoms with Gasteiger partial charge in [-0.1, -0.05) is 55.6 Å². The van der Waals surface area contributed by atoms with Gasteiger partial charge in [-0.2, -0.15) is 0 Å². The van der Waals surface area contributed by atoms with Gasteiger partial charge in [-0.15, -0.1) is 0 Å². The molecule has 4 rings (SSSR count). The molecule has 5 heteroatoms. The monoisotopic (exact) mass is 412 g/mol. The summed E-state index contributed by atoms with van der Waals surface area (Å²) in [7, 11) is 0. The highest BCUT2D eigenvalue weighted by Crippen LogP contribution is 2.44. The van der Waals surface area contributed by atoms with Crippen molar-refractivity contribution in [2.75, 3.05) is 4.90 Å². The molecular formula is C23H22Cl2N2O. The number of hydrogen-bond acceptors (Lipinski definition) is 2. The number of aryl methyl sites for hydroxylation is 1. The molecule has 0 N–H and O–H groups in total. The van der Waals surface area contributed by atoms with E-state index in [-0.39, 0.29) is 11.9 Å². The van der Waals surface area contributed by atoms with E-state index in [9.17, 15) is 4.79 Å². The lowest BCUT2D eigenvalue weighted by Gasteiger charge is -2.27. The van der Waals surface area contributed by atoms with Gasteiger partial charge in [-0.25, -0.2) is 0 Å². The molecule has 0 saturated carbocycles. The number of benzene rings is 2. The van der Waals surface area contributed by atoms with E-state index in [1.807, 2.05) is 42.2 Å². The van der Waals surface area contributed by atoms with Crippen molar-refractivity contribution in [3.8, 4) is 11.1 Å². The summed E-state index contributed by atoms with van der Waals surface area (Å²) < 4.78 is 0. The molecule has 0 bridgehead atoms. The van der Waals surface area contributed by atoms with Crippen molar-refractivity contribution in [1.29, 1.82) is 0 Å². The second-order valence-corrected chi connectivity index (χ2v) is 8.16. The molecule has 1 amide bonds. The van der Waals surface area contributed by atoms with Crippen molar-refractivity contribution in [2.24, 2.45) is 0 Å². The second kappa shape index (κ2) is 7.38. The fourth-order valence-electron chi connectivity index (χ4n) is 4.19. The highest BCUT2D eigenvalue weighted by Gasteiger charge is 2.35. The first kappa shape index (κ1) is 19.2. The normalized spacial score (nSPS) is 14.2. The number of carbonyl (C=O) groups is 1. The number of rotatable bonds is 5. The predicted octanol–water partition coefficient (Wildman–Crippen LogP) is 7.06. The number of amides is 1. The lowest BCUT2D eigenvalue weighted by Crippen LogP contribution is -2.37. The van der Waals surface area contributed by atoms with Gasteiger partial charge in [0.15, 0.2) is 0 Å². The Labute approximate surface area is 175 Å². The third-order valence-electron chi connectivity index (χ3n) is 5.46. The van der Waals surface area contributed by atoms with Crippen LogP contribution in [0.1, 0.15) is 49.2 Å². The van der Waals surface area contributed by atoms with E-state index in [1.165, 1.54) is 0 Å². The molecule has 1 aliphatic rings. The van der Waals surface area contributed by atoms with Crippen LogP contribution in [0.15, 0.2) is 36.4 Å². The first-order chi connectivity index (χ1) is 13.5. The van der Waals surface area contributed by atoms with Crippen LogP contribution in [0, 0.1) is 6.92 Å². The molecule has 1 atom stereocenters. The molecule has 2 heterocycles. The third kappa shape index (κ3) is 2.98. The molecule has 144 valence electrons. The van der Waals surface area contributed by atoms with Crippen LogP contribution < -0.4 is 4.90 Å². The highest BCUT2D eigenvalue weighted by molar-refractivity contribution is 6.37. The van der Waals surface area contributed by atoms with E-state index >= 15 is 0 Å². The van der Waals surface area contributed by atoms with Crippen LogP contribution in [0.2, 0.25) is 10.0 Å². The maximum Gasteiger partial charge on any atom is 0.259 e. The summed E-state index contributed by atoms with van der Waals surface area (Å²) in [6, 6.07) is 11.5. The van der Waals surface area contributed by atoms with Crippen molar-refractivity contribution in [1.82, 2.24) is 4.98 Å². The molecule has 1 aromatic heterocycles. The molecule has 28 heavy (non-hydrogen) atoms. The van der Waals surface area contributed by atoms with Crippen molar-refractivity contribution < 1.29 is 4.79 Å². The standard InChI is InChI=1S/C23H22Cl2N2O/c1-4-6-15(5-2)27-20-11-13(3)26-22-17(9-10-18(21(20)22)23(27)28)16-8-7-14(24)12-19(16)25/h7-12,15H,4-6H2,1-3H3. The van der Waals surface area contributed by atoms with Gasteiger partial charge in [0.05, 0.1) is 16.8 Å². The number of aromatic nitrogens is 1. The fourth-order valence-corrected chi connectivity index (χ4v) is 4.70. The zero-order valence-electron chi connectivity index (χ0n) is 16.2. The van der Waals surface area contributed by atoms with Gasteiger partial charge in [0.2, 0.25) is 0 Å². The molecule has 0 fully saturated rings. The summed E-state index contributed by atoms with van der Waals surface area (Å²) in [6.45, 7) is 6.27. The molecule has 3 nitrogen and oxygen atoms in total. The molecule has 0 radical (unpaired) electrons. The Balaban J connectivity index is 1.99. The Kier molecular flexibility index (Phi) is 5.07. The van der Waals surface area contributed by atoms with Crippen LogP contribution in [0.25, 0.3) is 22.0 Å². The van der Waals surface area contributed by atoms with E-state index < -0.39 is 0 Å². The Morgan fingerprint density at radius 3 is 2.43 bits per heavy atom. The summed E-state index contributed by atoms with van der Waals surface area (Å²) in [4.78, 5) is 20.1. The molecule has 1 unspecified atom stereocenters. The van der Waals surface area contributed by atoms with E-state index in [4.69, 9.17) is 28.2 Å². The summed E-state index contributed by atoms with van der Waals surface area (Å²) in [6.07, 6.45) is 2.94. The Bertz CT molecular complexity index is 1090. The van der Waals surface area contributed by atoms with Crippen LogP contribution in [-0.2, 0) is 0 Å². The minimum Gasteiger partial charge on any atom is -0.305 e. The lowest BCUT2D eigenvalue weighted by molar-refractivity contribution is 0.0981. The van der Waals surface area contributed by atoms with Gasteiger partial charge in [-0.3, -0.25) is 9.78 Å². The summed E-state index contributed by atoms with van der Waals surface area (Å²) in [5, 5.41) is 2.09. The van der Waals surface area contributed by atoms with Crippen LogP contribution >= 0.6 is 23.2 Å². The minimum absolute atomic E-state index is 0.0708. The van der Waals surface area contributed by atoms with Crippen LogP contribution in [0.4, 0.5) is 5.69 Å². The molecule has 2 aromatic carbocycles. The van der Waals surface area contributed by atoms with E-state index in [0.717, 1.165) is 58.2 Å². The predicted molar refractivity (Wildman–Crippen MR) is 118 cm³/mol. The summed E-state index contributed by atoms with van der Waals surface area (Å²) in [5.74, 6) is 0.0708. The Morgan fingerprint density at radius 1 is 1.04 bits per heavy atom. The van der Waals surface area contributed by atoms with Crippen molar-refractivity contribution >= 4 is 45.7 Å².